The van der Waals surface area contributed by atoms with E-state index in [-0.39, 0.29) is 25.1 Å². The Labute approximate surface area is 93.3 Å². The smallest absolute Gasteiger partial charge is 0.303 e. The van der Waals surface area contributed by atoms with Gasteiger partial charge in [0, 0.05) is 0 Å². The highest BCUT2D eigenvalue weighted by Crippen LogP contribution is 2.38. The zero-order valence-corrected chi connectivity index (χ0v) is 9.92. The van der Waals surface area contributed by atoms with Gasteiger partial charge in [-0.1, -0.05) is 6.92 Å². The molecule has 1 heterocycles. The van der Waals surface area contributed by atoms with E-state index in [9.17, 15) is 21.6 Å². The van der Waals surface area contributed by atoms with Gasteiger partial charge in [0.05, 0.1) is 11.5 Å². The van der Waals surface area contributed by atoms with Crippen LogP contribution in [-0.2, 0) is 9.84 Å². The molecule has 16 heavy (non-hydrogen) atoms. The number of sulfone groups is 1. The molecule has 1 rings (SSSR count). The second-order valence-electron chi connectivity index (χ2n) is 4.20. The van der Waals surface area contributed by atoms with Crippen LogP contribution in [0.3, 0.4) is 0 Å². The van der Waals surface area contributed by atoms with Crippen molar-refractivity contribution in [2.24, 2.45) is 0 Å². The number of halogens is 3. The van der Waals surface area contributed by atoms with Gasteiger partial charge in [0.2, 0.25) is 0 Å². The van der Waals surface area contributed by atoms with Crippen molar-refractivity contribution in [1.82, 2.24) is 5.32 Å². The average Bonchev–Trinajstić information content (AvgIpc) is 2.11. The van der Waals surface area contributed by atoms with Crippen molar-refractivity contribution in [3.8, 4) is 0 Å². The minimum Gasteiger partial charge on any atom is -0.303 e. The van der Waals surface area contributed by atoms with Crippen LogP contribution in [0.4, 0.5) is 13.2 Å². The van der Waals surface area contributed by atoms with Gasteiger partial charge >= 0.3 is 6.18 Å². The summed E-state index contributed by atoms with van der Waals surface area (Å²) in [5, 5.41) is 2.38. The summed E-state index contributed by atoms with van der Waals surface area (Å²) < 4.78 is 61.5. The molecule has 1 unspecified atom stereocenters. The van der Waals surface area contributed by atoms with Crippen molar-refractivity contribution in [2.45, 2.75) is 37.9 Å². The summed E-state index contributed by atoms with van der Waals surface area (Å²) in [6, 6.07) is 0. The Hall–Kier alpha value is -0.300. The Morgan fingerprint density at radius 3 is 2.44 bits per heavy atom. The summed E-state index contributed by atoms with van der Waals surface area (Å²) >= 11 is 0. The highest BCUT2D eigenvalue weighted by atomic mass is 32.2. The molecular weight excluding hydrogens is 243 g/mol. The van der Waals surface area contributed by atoms with E-state index in [1.165, 1.54) is 0 Å². The van der Waals surface area contributed by atoms with Crippen LogP contribution in [0.25, 0.3) is 0 Å². The molecule has 1 N–H and O–H groups in total. The molecule has 0 amide bonds. The number of rotatable bonds is 3. The van der Waals surface area contributed by atoms with E-state index >= 15 is 0 Å². The Kier molecular flexibility index (Phi) is 3.89. The van der Waals surface area contributed by atoms with Crippen LogP contribution in [0.2, 0.25) is 0 Å². The van der Waals surface area contributed by atoms with E-state index in [4.69, 9.17) is 0 Å². The van der Waals surface area contributed by atoms with Gasteiger partial charge in [-0.15, -0.1) is 0 Å². The van der Waals surface area contributed by atoms with Crippen molar-refractivity contribution >= 4 is 9.84 Å². The third kappa shape index (κ3) is 2.88. The molecule has 0 aliphatic carbocycles. The second-order valence-corrected chi connectivity index (χ2v) is 6.39. The molecular formula is C9H16F3NO2S. The number of hydrogen-bond acceptors (Lipinski definition) is 3. The lowest BCUT2D eigenvalue weighted by molar-refractivity contribution is -0.193. The lowest BCUT2D eigenvalue weighted by Gasteiger charge is -2.39. The van der Waals surface area contributed by atoms with Gasteiger partial charge in [-0.3, -0.25) is 0 Å². The van der Waals surface area contributed by atoms with Crippen LogP contribution >= 0.6 is 0 Å². The monoisotopic (exact) mass is 259 g/mol. The van der Waals surface area contributed by atoms with Gasteiger partial charge in [-0.25, -0.2) is 8.42 Å². The van der Waals surface area contributed by atoms with E-state index in [1.807, 2.05) is 0 Å². The van der Waals surface area contributed by atoms with Gasteiger partial charge in [0.1, 0.15) is 5.54 Å². The lowest BCUT2D eigenvalue weighted by atomic mass is 9.94. The summed E-state index contributed by atoms with van der Waals surface area (Å²) in [6.07, 6.45) is -4.07. The van der Waals surface area contributed by atoms with E-state index in [1.54, 1.807) is 6.92 Å². The Morgan fingerprint density at radius 1 is 1.38 bits per heavy atom. The average molecular weight is 259 g/mol. The molecule has 3 nitrogen and oxygen atoms in total. The van der Waals surface area contributed by atoms with E-state index in [2.05, 4.69) is 5.32 Å². The maximum absolute atomic E-state index is 12.9. The van der Waals surface area contributed by atoms with Crippen molar-refractivity contribution in [1.29, 1.82) is 0 Å². The SMILES string of the molecule is CCCNC1(C(F)(F)F)CCCS(=O)(=O)C1. The normalized spacial score (nSPS) is 30.2. The first-order valence-corrected chi connectivity index (χ1v) is 7.07. The topological polar surface area (TPSA) is 46.2 Å². The molecule has 0 bridgehead atoms. The fraction of sp³-hybridized carbons (Fsp3) is 1.00. The largest absolute Gasteiger partial charge is 0.407 e. The molecule has 1 aliphatic rings. The first-order valence-electron chi connectivity index (χ1n) is 5.25. The predicted molar refractivity (Wildman–Crippen MR) is 55.0 cm³/mol. The lowest BCUT2D eigenvalue weighted by Crippen LogP contribution is -2.63. The fourth-order valence-electron chi connectivity index (χ4n) is 1.94. The number of hydrogen-bond donors (Lipinski definition) is 1. The Bertz CT molecular complexity index is 339. The van der Waals surface area contributed by atoms with Crippen LogP contribution < -0.4 is 5.32 Å². The van der Waals surface area contributed by atoms with Crippen molar-refractivity contribution in [2.75, 3.05) is 18.1 Å². The highest BCUT2D eigenvalue weighted by Gasteiger charge is 2.57. The fourth-order valence-corrected chi connectivity index (χ4v) is 3.83. The summed E-state index contributed by atoms with van der Waals surface area (Å²) in [6.45, 7) is 1.92. The molecule has 1 saturated heterocycles. The van der Waals surface area contributed by atoms with E-state index in [0.717, 1.165) is 0 Å². The zero-order valence-electron chi connectivity index (χ0n) is 9.10. The predicted octanol–water partition coefficient (Wildman–Crippen LogP) is 1.50. The third-order valence-corrected chi connectivity index (χ3v) is 4.62. The summed E-state index contributed by atoms with van der Waals surface area (Å²) in [5.41, 5.74) is -2.24. The summed E-state index contributed by atoms with van der Waals surface area (Å²) in [4.78, 5) is 0. The van der Waals surface area contributed by atoms with Crippen molar-refractivity contribution in [3.05, 3.63) is 0 Å². The minimum absolute atomic E-state index is 0.0680. The molecule has 96 valence electrons. The summed E-state index contributed by atoms with van der Waals surface area (Å²) in [5.74, 6) is -0.970. The second kappa shape index (κ2) is 4.52. The van der Waals surface area contributed by atoms with E-state index < -0.39 is 27.3 Å². The van der Waals surface area contributed by atoms with E-state index in [0.29, 0.717) is 6.42 Å². The van der Waals surface area contributed by atoms with Crippen molar-refractivity contribution < 1.29 is 21.6 Å². The van der Waals surface area contributed by atoms with Crippen LogP contribution in [0.15, 0.2) is 0 Å². The molecule has 0 aromatic heterocycles. The zero-order chi connectivity index (χ0) is 12.4. The quantitative estimate of drug-likeness (QED) is 0.835. The molecule has 1 aliphatic heterocycles. The molecule has 0 spiro atoms. The van der Waals surface area contributed by atoms with Crippen LogP contribution in [0, 0.1) is 0 Å². The molecule has 7 heteroatoms. The standard InChI is InChI=1S/C9H16F3NO2S/c1-2-5-13-8(9(10,11)12)4-3-6-16(14,15)7-8/h13H,2-7H2,1H3. The maximum Gasteiger partial charge on any atom is 0.407 e. The first-order chi connectivity index (χ1) is 7.22. The van der Waals surface area contributed by atoms with Gasteiger partial charge < -0.3 is 5.32 Å². The van der Waals surface area contributed by atoms with Gasteiger partial charge in [-0.05, 0) is 25.8 Å². The number of nitrogens with one attached hydrogen (secondary N) is 1. The minimum atomic E-state index is -4.52. The highest BCUT2D eigenvalue weighted by molar-refractivity contribution is 7.91. The molecule has 0 saturated carbocycles. The molecule has 1 fully saturated rings. The maximum atomic E-state index is 12.9. The Morgan fingerprint density at radius 2 is 2.00 bits per heavy atom. The van der Waals surface area contributed by atoms with Crippen LogP contribution in [-0.4, -0.2) is 38.2 Å². The summed E-state index contributed by atoms with van der Waals surface area (Å²) in [7, 11) is -3.59. The van der Waals surface area contributed by atoms with Crippen LogP contribution in [0.1, 0.15) is 26.2 Å². The van der Waals surface area contributed by atoms with Gasteiger partial charge in [0.25, 0.3) is 0 Å². The molecule has 0 aromatic rings. The first kappa shape index (κ1) is 13.8. The van der Waals surface area contributed by atoms with Gasteiger partial charge in [0.15, 0.2) is 9.84 Å². The number of alkyl halides is 3. The van der Waals surface area contributed by atoms with Gasteiger partial charge in [-0.2, -0.15) is 13.2 Å². The Balaban J connectivity index is 2.95. The molecule has 0 aromatic carbocycles. The van der Waals surface area contributed by atoms with Crippen LogP contribution in [0.5, 0.6) is 0 Å². The third-order valence-electron chi connectivity index (χ3n) is 2.78. The van der Waals surface area contributed by atoms with Crippen molar-refractivity contribution in [3.63, 3.8) is 0 Å². The molecule has 0 radical (unpaired) electrons. The molecule has 1 atom stereocenters.